The van der Waals surface area contributed by atoms with Crippen LogP contribution in [0.2, 0.25) is 0 Å². The maximum Gasteiger partial charge on any atom is 0.325 e. The van der Waals surface area contributed by atoms with Gasteiger partial charge in [0, 0.05) is 19.7 Å². The van der Waals surface area contributed by atoms with Crippen molar-refractivity contribution in [1.29, 1.82) is 0 Å². The predicted octanol–water partition coefficient (Wildman–Crippen LogP) is 0.304. The SMILES string of the molecule is O=C(O)C1(NCC2CCCO2)CN2CCC1CC2. The summed E-state index contributed by atoms with van der Waals surface area (Å²) in [7, 11) is 0. The Morgan fingerprint density at radius 3 is 2.67 bits per heavy atom. The standard InChI is InChI=1S/C13H22N2O3/c16-12(17)13(14-8-11-2-1-7-18-11)9-15-5-3-10(13)4-6-15/h10-11,14H,1-9H2,(H,16,17). The zero-order chi connectivity index (χ0) is 12.6. The molecule has 5 nitrogen and oxygen atoms in total. The molecule has 0 aliphatic carbocycles. The molecule has 0 spiro atoms. The molecule has 4 aliphatic rings. The number of aliphatic carboxylic acids is 1. The van der Waals surface area contributed by atoms with E-state index in [9.17, 15) is 9.90 Å². The normalized spacial score (nSPS) is 43.2. The number of carboxylic acids is 1. The molecule has 0 aromatic heterocycles. The number of fused-ring (bicyclic) bond motifs is 3. The van der Waals surface area contributed by atoms with E-state index in [2.05, 4.69) is 10.2 Å². The fraction of sp³-hybridized carbons (Fsp3) is 0.923. The molecule has 0 aromatic rings. The van der Waals surface area contributed by atoms with Gasteiger partial charge in [-0.1, -0.05) is 0 Å². The third-order valence-electron chi connectivity index (χ3n) is 4.81. The van der Waals surface area contributed by atoms with Crippen molar-refractivity contribution in [3.8, 4) is 0 Å². The van der Waals surface area contributed by atoms with Crippen LogP contribution in [0.3, 0.4) is 0 Å². The number of carboxylic acid groups (broad SMARTS) is 1. The first kappa shape index (κ1) is 12.4. The van der Waals surface area contributed by atoms with Crippen LogP contribution in [0.1, 0.15) is 25.7 Å². The maximum absolute atomic E-state index is 11.7. The van der Waals surface area contributed by atoms with Gasteiger partial charge < -0.3 is 14.7 Å². The molecule has 2 N–H and O–H groups in total. The lowest BCUT2D eigenvalue weighted by Crippen LogP contribution is -2.70. The maximum atomic E-state index is 11.7. The largest absolute Gasteiger partial charge is 0.480 e. The van der Waals surface area contributed by atoms with Crippen molar-refractivity contribution in [2.45, 2.75) is 37.3 Å². The van der Waals surface area contributed by atoms with Crippen LogP contribution >= 0.6 is 0 Å². The molecule has 4 rings (SSSR count). The van der Waals surface area contributed by atoms with E-state index in [4.69, 9.17) is 4.74 Å². The molecule has 4 saturated heterocycles. The topological polar surface area (TPSA) is 61.8 Å². The second-order valence-electron chi connectivity index (χ2n) is 5.84. The van der Waals surface area contributed by atoms with E-state index in [1.54, 1.807) is 0 Å². The van der Waals surface area contributed by atoms with Crippen LogP contribution in [0.5, 0.6) is 0 Å². The number of nitrogens with one attached hydrogen (secondary N) is 1. The van der Waals surface area contributed by atoms with Gasteiger partial charge >= 0.3 is 5.97 Å². The van der Waals surface area contributed by atoms with E-state index in [0.29, 0.717) is 13.1 Å². The van der Waals surface area contributed by atoms with E-state index in [0.717, 1.165) is 45.4 Å². The molecular weight excluding hydrogens is 232 g/mol. The van der Waals surface area contributed by atoms with Gasteiger partial charge in [-0.25, -0.2) is 0 Å². The lowest BCUT2D eigenvalue weighted by Gasteiger charge is -2.51. The van der Waals surface area contributed by atoms with E-state index in [1.807, 2.05) is 0 Å². The zero-order valence-electron chi connectivity index (χ0n) is 10.7. The van der Waals surface area contributed by atoms with Crippen molar-refractivity contribution >= 4 is 5.97 Å². The molecule has 4 heterocycles. The van der Waals surface area contributed by atoms with Gasteiger partial charge in [-0.05, 0) is 44.7 Å². The number of hydrogen-bond acceptors (Lipinski definition) is 4. The number of nitrogens with zero attached hydrogens (tertiary/aromatic N) is 1. The van der Waals surface area contributed by atoms with E-state index in [-0.39, 0.29) is 12.0 Å². The molecule has 2 unspecified atom stereocenters. The second-order valence-corrected chi connectivity index (χ2v) is 5.84. The van der Waals surface area contributed by atoms with E-state index < -0.39 is 11.5 Å². The Kier molecular flexibility index (Phi) is 3.30. The smallest absolute Gasteiger partial charge is 0.325 e. The molecule has 18 heavy (non-hydrogen) atoms. The molecule has 2 bridgehead atoms. The highest BCUT2D eigenvalue weighted by molar-refractivity contribution is 5.80. The van der Waals surface area contributed by atoms with Crippen molar-refractivity contribution in [2.24, 2.45) is 5.92 Å². The minimum atomic E-state index is -0.734. The summed E-state index contributed by atoms with van der Waals surface area (Å²) in [5.74, 6) is -0.406. The predicted molar refractivity (Wildman–Crippen MR) is 66.5 cm³/mol. The van der Waals surface area contributed by atoms with E-state index >= 15 is 0 Å². The minimum Gasteiger partial charge on any atom is -0.480 e. The summed E-state index contributed by atoms with van der Waals surface area (Å²) in [6, 6.07) is 0. The van der Waals surface area contributed by atoms with Gasteiger partial charge in [-0.2, -0.15) is 0 Å². The van der Waals surface area contributed by atoms with Gasteiger partial charge in [0.2, 0.25) is 0 Å². The van der Waals surface area contributed by atoms with Gasteiger partial charge in [-0.15, -0.1) is 0 Å². The lowest BCUT2D eigenvalue weighted by molar-refractivity contribution is -0.154. The van der Waals surface area contributed by atoms with Crippen LogP contribution in [0.4, 0.5) is 0 Å². The Morgan fingerprint density at radius 2 is 2.17 bits per heavy atom. The quantitative estimate of drug-likeness (QED) is 0.756. The molecule has 0 saturated carbocycles. The monoisotopic (exact) mass is 254 g/mol. The number of rotatable bonds is 4. The van der Waals surface area contributed by atoms with Crippen LogP contribution in [-0.4, -0.2) is 60.4 Å². The van der Waals surface area contributed by atoms with Crippen molar-refractivity contribution in [3.63, 3.8) is 0 Å². The van der Waals surface area contributed by atoms with Crippen molar-refractivity contribution in [3.05, 3.63) is 0 Å². The Morgan fingerprint density at radius 1 is 1.39 bits per heavy atom. The molecule has 5 heteroatoms. The number of piperidine rings is 3. The average Bonchev–Trinajstić information content (AvgIpc) is 2.90. The summed E-state index contributed by atoms with van der Waals surface area (Å²) >= 11 is 0. The van der Waals surface area contributed by atoms with E-state index in [1.165, 1.54) is 0 Å². The lowest BCUT2D eigenvalue weighted by atomic mass is 9.72. The highest BCUT2D eigenvalue weighted by atomic mass is 16.5. The van der Waals surface area contributed by atoms with Crippen LogP contribution in [0.25, 0.3) is 0 Å². The molecule has 4 fully saturated rings. The summed E-state index contributed by atoms with van der Waals surface area (Å²) in [6.07, 6.45) is 4.37. The number of ether oxygens (including phenoxy) is 1. The van der Waals surface area contributed by atoms with Gasteiger partial charge in [0.15, 0.2) is 0 Å². The third-order valence-corrected chi connectivity index (χ3v) is 4.81. The summed E-state index contributed by atoms with van der Waals surface area (Å²) < 4.78 is 5.58. The molecule has 102 valence electrons. The minimum absolute atomic E-state index is 0.205. The second kappa shape index (κ2) is 4.79. The average molecular weight is 254 g/mol. The molecule has 2 atom stereocenters. The van der Waals surface area contributed by atoms with Crippen LogP contribution in [-0.2, 0) is 9.53 Å². The number of carbonyl (C=O) groups is 1. The fourth-order valence-corrected chi connectivity index (χ4v) is 3.69. The Balaban J connectivity index is 1.69. The van der Waals surface area contributed by atoms with Crippen molar-refractivity contribution in [2.75, 3.05) is 32.8 Å². The summed E-state index contributed by atoms with van der Waals surface area (Å²) in [5, 5.41) is 13.0. The highest BCUT2D eigenvalue weighted by Crippen LogP contribution is 2.36. The summed E-state index contributed by atoms with van der Waals surface area (Å²) in [6.45, 7) is 4.26. The van der Waals surface area contributed by atoms with Gasteiger partial charge in [0.05, 0.1) is 6.10 Å². The molecular formula is C13H22N2O3. The Bertz CT molecular complexity index is 322. The van der Waals surface area contributed by atoms with Gasteiger partial charge in [0.1, 0.15) is 5.54 Å². The third kappa shape index (κ3) is 2.04. The molecule has 0 aromatic carbocycles. The van der Waals surface area contributed by atoms with Crippen molar-refractivity contribution < 1.29 is 14.6 Å². The summed E-state index contributed by atoms with van der Waals surface area (Å²) in [4.78, 5) is 14.0. The van der Waals surface area contributed by atoms with Gasteiger partial charge in [0.25, 0.3) is 0 Å². The highest BCUT2D eigenvalue weighted by Gasteiger charge is 2.52. The van der Waals surface area contributed by atoms with Gasteiger partial charge in [-0.3, -0.25) is 10.1 Å². The van der Waals surface area contributed by atoms with Crippen LogP contribution in [0.15, 0.2) is 0 Å². The van der Waals surface area contributed by atoms with Crippen LogP contribution < -0.4 is 5.32 Å². The first-order valence-corrected chi connectivity index (χ1v) is 7.03. The van der Waals surface area contributed by atoms with Crippen LogP contribution in [0, 0.1) is 5.92 Å². The zero-order valence-corrected chi connectivity index (χ0v) is 10.7. The summed E-state index contributed by atoms with van der Waals surface area (Å²) in [5.41, 5.74) is -0.734. The number of hydrogen-bond donors (Lipinski definition) is 2. The first-order chi connectivity index (χ1) is 8.71. The molecule has 0 amide bonds. The Labute approximate surface area is 107 Å². The first-order valence-electron chi connectivity index (χ1n) is 7.03. The fourth-order valence-electron chi connectivity index (χ4n) is 3.69. The Hall–Kier alpha value is -0.650. The molecule has 4 aliphatic heterocycles. The van der Waals surface area contributed by atoms with Crippen molar-refractivity contribution in [1.82, 2.24) is 10.2 Å². The molecule has 0 radical (unpaired) electrons.